The van der Waals surface area contributed by atoms with Crippen molar-refractivity contribution in [3.8, 4) is 17.1 Å². The zero-order chi connectivity index (χ0) is 31.2. The number of carbonyl (C=O) groups excluding carboxylic acids is 2. The fourth-order valence-corrected chi connectivity index (χ4v) is 7.60. The first-order valence-electron chi connectivity index (χ1n) is 16.4. The highest BCUT2D eigenvalue weighted by molar-refractivity contribution is 5.90. The fraction of sp³-hybridized carbons (Fsp3) is 0.543. The number of pyridine rings is 2. The van der Waals surface area contributed by atoms with E-state index in [0.29, 0.717) is 66.8 Å². The van der Waals surface area contributed by atoms with Gasteiger partial charge < -0.3 is 24.2 Å². The van der Waals surface area contributed by atoms with Crippen LogP contribution in [0.5, 0.6) is 5.75 Å². The van der Waals surface area contributed by atoms with Gasteiger partial charge in [-0.3, -0.25) is 9.59 Å². The second-order valence-corrected chi connectivity index (χ2v) is 12.6. The average Bonchev–Trinajstić information content (AvgIpc) is 3.42. The molecule has 6 rings (SSSR count). The summed E-state index contributed by atoms with van der Waals surface area (Å²) in [4.78, 5) is 48.9. The van der Waals surface area contributed by atoms with Crippen LogP contribution in [0.3, 0.4) is 0 Å². The Morgan fingerprint density at radius 1 is 1.00 bits per heavy atom. The van der Waals surface area contributed by atoms with E-state index in [1.165, 1.54) is 39.3 Å². The van der Waals surface area contributed by atoms with Gasteiger partial charge in [-0.25, -0.2) is 9.78 Å². The molecule has 3 aliphatic heterocycles. The number of nitrogens with zero attached hydrogens (tertiary/aromatic N) is 4. The molecular weight excluding hydrogens is 556 g/mol. The van der Waals surface area contributed by atoms with Gasteiger partial charge in [0.25, 0.3) is 5.56 Å². The smallest absolute Gasteiger partial charge is 0.410 e. The fourth-order valence-electron chi connectivity index (χ4n) is 7.60. The first kappa shape index (κ1) is 30.5. The Kier molecular flexibility index (Phi) is 8.37. The SMILES string of the molecule is CCc1c([C@@](O)(CC)C(C)=O)cc2n(c1=O)Cc1c-2nc2ccc(OC(=O)N3CCC(N4CCCCC4)CC3)cc2c1CC. The number of rotatable bonds is 7. The molecule has 2 fully saturated rings. The number of Topliss-reactive ketones (excluding diaryl/α,β-unsaturated/α-hetero) is 1. The molecule has 0 spiro atoms. The lowest BCUT2D eigenvalue weighted by Crippen LogP contribution is -2.48. The number of hydrogen-bond acceptors (Lipinski definition) is 7. The van der Waals surface area contributed by atoms with Gasteiger partial charge in [0.1, 0.15) is 11.4 Å². The maximum absolute atomic E-state index is 13.7. The van der Waals surface area contributed by atoms with Crippen LogP contribution in [0.25, 0.3) is 22.3 Å². The van der Waals surface area contributed by atoms with E-state index < -0.39 is 5.60 Å². The van der Waals surface area contributed by atoms with Gasteiger partial charge in [0.15, 0.2) is 5.78 Å². The highest BCUT2D eigenvalue weighted by Gasteiger charge is 2.38. The van der Waals surface area contributed by atoms with E-state index in [0.717, 1.165) is 34.9 Å². The van der Waals surface area contributed by atoms with Gasteiger partial charge in [-0.2, -0.15) is 0 Å². The molecule has 9 heteroatoms. The van der Waals surface area contributed by atoms with Gasteiger partial charge in [-0.05, 0) is 94.8 Å². The molecule has 234 valence electrons. The van der Waals surface area contributed by atoms with Crippen LogP contribution >= 0.6 is 0 Å². The number of carbonyl (C=O) groups is 2. The number of aliphatic hydroxyl groups is 1. The molecule has 1 amide bonds. The van der Waals surface area contributed by atoms with Crippen LogP contribution in [-0.2, 0) is 29.8 Å². The molecule has 2 aromatic heterocycles. The van der Waals surface area contributed by atoms with E-state index in [4.69, 9.17) is 9.72 Å². The van der Waals surface area contributed by atoms with Crippen LogP contribution in [0.15, 0.2) is 29.1 Å². The van der Waals surface area contributed by atoms with E-state index in [-0.39, 0.29) is 23.9 Å². The molecule has 5 heterocycles. The summed E-state index contributed by atoms with van der Waals surface area (Å²) in [6, 6.07) is 7.87. The first-order chi connectivity index (χ1) is 21.2. The Morgan fingerprint density at radius 2 is 1.70 bits per heavy atom. The second-order valence-electron chi connectivity index (χ2n) is 12.6. The topological polar surface area (TPSA) is 105 Å². The minimum atomic E-state index is -1.73. The molecule has 0 aliphatic carbocycles. The van der Waals surface area contributed by atoms with Crippen molar-refractivity contribution >= 4 is 22.8 Å². The van der Waals surface area contributed by atoms with Crippen molar-refractivity contribution in [2.75, 3.05) is 26.2 Å². The number of benzene rings is 1. The van der Waals surface area contributed by atoms with Gasteiger partial charge in [-0.1, -0.05) is 27.2 Å². The number of hydrogen-bond donors (Lipinski definition) is 1. The number of ketones is 1. The third-order valence-corrected chi connectivity index (χ3v) is 10.2. The zero-order valence-corrected chi connectivity index (χ0v) is 26.4. The van der Waals surface area contributed by atoms with E-state index in [1.54, 1.807) is 23.6 Å². The molecule has 3 aliphatic rings. The highest BCUT2D eigenvalue weighted by atomic mass is 16.6. The van der Waals surface area contributed by atoms with Gasteiger partial charge >= 0.3 is 6.09 Å². The molecule has 1 aromatic carbocycles. The Hall–Kier alpha value is -3.56. The molecule has 3 aromatic rings. The van der Waals surface area contributed by atoms with Gasteiger partial charge in [0, 0.05) is 41.2 Å². The Labute approximate surface area is 258 Å². The standard InChI is InChI=1S/C35H44N4O5/c1-5-25-27-19-24(44-34(42)38-17-13-23(14-18-38)37-15-9-8-10-16-37)11-12-30(27)36-32-28(25)21-39-31(32)20-29(26(6-2)33(39)41)35(43,7-3)22(4)40/h11-12,19-20,23,43H,5-10,13-18,21H2,1-4H3/t35-/m1/s1. The summed E-state index contributed by atoms with van der Waals surface area (Å²) in [6.07, 6.45) is 6.78. The van der Waals surface area contributed by atoms with Crippen LogP contribution in [-0.4, -0.2) is 68.6 Å². The van der Waals surface area contributed by atoms with E-state index in [1.807, 2.05) is 24.0 Å². The van der Waals surface area contributed by atoms with Crippen molar-refractivity contribution in [1.82, 2.24) is 19.4 Å². The molecule has 2 saturated heterocycles. The lowest BCUT2D eigenvalue weighted by Gasteiger charge is -2.39. The summed E-state index contributed by atoms with van der Waals surface area (Å²) >= 11 is 0. The van der Waals surface area contributed by atoms with E-state index in [2.05, 4.69) is 11.8 Å². The summed E-state index contributed by atoms with van der Waals surface area (Å²) < 4.78 is 7.60. The zero-order valence-electron chi connectivity index (χ0n) is 26.4. The molecule has 1 atom stereocenters. The maximum atomic E-state index is 13.7. The van der Waals surface area contributed by atoms with Crippen LogP contribution in [0.2, 0.25) is 0 Å². The monoisotopic (exact) mass is 600 g/mol. The van der Waals surface area contributed by atoms with Gasteiger partial charge in [-0.15, -0.1) is 0 Å². The number of amides is 1. The number of fused-ring (bicyclic) bond motifs is 4. The predicted molar refractivity (Wildman–Crippen MR) is 170 cm³/mol. The normalized spacial score (nSPS) is 18.6. The van der Waals surface area contributed by atoms with E-state index >= 15 is 0 Å². The first-order valence-corrected chi connectivity index (χ1v) is 16.4. The van der Waals surface area contributed by atoms with Gasteiger partial charge in [0.05, 0.1) is 23.4 Å². The summed E-state index contributed by atoms with van der Waals surface area (Å²) in [5.41, 5.74) is 2.95. The number of ether oxygens (including phenoxy) is 1. The molecule has 0 unspecified atom stereocenters. The minimum Gasteiger partial charge on any atom is -0.410 e. The summed E-state index contributed by atoms with van der Waals surface area (Å²) in [5.74, 6) is 0.0984. The van der Waals surface area contributed by atoms with Gasteiger partial charge in [0.2, 0.25) is 0 Å². The number of piperidine rings is 2. The summed E-state index contributed by atoms with van der Waals surface area (Å²) in [6.45, 7) is 11.2. The molecule has 0 radical (unpaired) electrons. The van der Waals surface area contributed by atoms with E-state index in [9.17, 15) is 19.5 Å². The average molecular weight is 601 g/mol. The summed E-state index contributed by atoms with van der Waals surface area (Å²) in [7, 11) is 0. The Bertz CT molecular complexity index is 1670. The molecule has 0 bridgehead atoms. The maximum Gasteiger partial charge on any atom is 0.415 e. The number of likely N-dealkylation sites (tertiary alicyclic amines) is 2. The highest BCUT2D eigenvalue weighted by Crippen LogP contribution is 2.39. The second kappa shape index (κ2) is 12.1. The third-order valence-electron chi connectivity index (χ3n) is 10.2. The number of aromatic nitrogens is 2. The molecule has 9 nitrogen and oxygen atoms in total. The van der Waals surface area contributed by atoms with Crippen LogP contribution < -0.4 is 10.3 Å². The molecule has 1 N–H and O–H groups in total. The van der Waals surface area contributed by atoms with Crippen molar-refractivity contribution in [2.45, 2.75) is 97.2 Å². The van der Waals surface area contributed by atoms with Crippen molar-refractivity contribution < 1.29 is 19.4 Å². The largest absolute Gasteiger partial charge is 0.415 e. The third kappa shape index (κ3) is 5.13. The lowest BCUT2D eigenvalue weighted by atomic mass is 9.84. The van der Waals surface area contributed by atoms with Crippen LogP contribution in [0, 0.1) is 0 Å². The van der Waals surface area contributed by atoms with Crippen LogP contribution in [0.1, 0.15) is 88.5 Å². The van der Waals surface area contributed by atoms with Crippen molar-refractivity contribution in [2.24, 2.45) is 0 Å². The predicted octanol–water partition coefficient (Wildman–Crippen LogP) is 5.19. The minimum absolute atomic E-state index is 0.175. The molecule has 0 saturated carbocycles. The lowest BCUT2D eigenvalue weighted by molar-refractivity contribution is -0.136. The molecular formula is C35H44N4O5. The van der Waals surface area contributed by atoms with Crippen molar-refractivity contribution in [3.05, 3.63) is 56.9 Å². The van der Waals surface area contributed by atoms with Crippen LogP contribution in [0.4, 0.5) is 4.79 Å². The summed E-state index contributed by atoms with van der Waals surface area (Å²) in [5, 5.41) is 12.3. The Balaban J connectivity index is 1.29. The number of aryl methyl sites for hydroxylation is 1. The quantitative estimate of drug-likeness (QED) is 0.312. The Morgan fingerprint density at radius 3 is 2.34 bits per heavy atom. The van der Waals surface area contributed by atoms with Crippen molar-refractivity contribution in [3.63, 3.8) is 0 Å². The molecule has 44 heavy (non-hydrogen) atoms. The van der Waals surface area contributed by atoms with Crippen molar-refractivity contribution in [1.29, 1.82) is 0 Å².